The number of hydrogen-bond donors (Lipinski definition) is 2. The summed E-state index contributed by atoms with van der Waals surface area (Å²) < 4.78 is 34.7. The molecule has 3 rings (SSSR count). The van der Waals surface area contributed by atoms with E-state index in [4.69, 9.17) is 4.52 Å². The van der Waals surface area contributed by atoms with Crippen LogP contribution in [-0.4, -0.2) is 34.3 Å². The molecule has 29 heavy (non-hydrogen) atoms. The minimum atomic E-state index is -2.96. The van der Waals surface area contributed by atoms with Crippen molar-refractivity contribution in [3.63, 3.8) is 0 Å². The molecule has 154 valence electrons. The number of benzene rings is 1. The maximum absolute atomic E-state index is 12.6. The molecule has 0 aliphatic rings. The van der Waals surface area contributed by atoms with Gasteiger partial charge >= 0.3 is 12.6 Å². The Morgan fingerprint density at radius 2 is 2.10 bits per heavy atom. The number of halogens is 2. The summed E-state index contributed by atoms with van der Waals surface area (Å²) in [5, 5.41) is 9.81. The number of nitrogens with zero attached hydrogens (tertiary/aromatic N) is 3. The van der Waals surface area contributed by atoms with E-state index < -0.39 is 12.6 Å². The number of nitrogens with one attached hydrogen (secondary N) is 2. The number of carbonyl (C=O) groups excluding carboxylic acids is 1. The maximum atomic E-state index is 12.6. The third kappa shape index (κ3) is 5.37. The summed E-state index contributed by atoms with van der Waals surface area (Å²) in [5.74, 6) is 1.33. The van der Waals surface area contributed by atoms with Crippen molar-refractivity contribution in [3.8, 4) is 5.75 Å². The zero-order valence-electron chi connectivity index (χ0n) is 16.0. The van der Waals surface area contributed by atoms with E-state index in [0.717, 1.165) is 0 Å². The number of alkyl halides is 2. The van der Waals surface area contributed by atoms with Crippen molar-refractivity contribution in [3.05, 3.63) is 42.2 Å². The monoisotopic (exact) mass is 405 g/mol. The molecule has 3 aromatic rings. The van der Waals surface area contributed by atoms with Crippen molar-refractivity contribution in [2.75, 3.05) is 11.9 Å². The predicted octanol–water partition coefficient (Wildman–Crippen LogP) is 4.10. The zero-order chi connectivity index (χ0) is 20.8. The number of anilines is 1. The molecule has 8 nitrogen and oxygen atoms in total. The molecule has 0 unspecified atom stereocenters. The average molecular weight is 405 g/mol. The summed E-state index contributed by atoms with van der Waals surface area (Å²) in [6, 6.07) is 5.73. The van der Waals surface area contributed by atoms with Crippen LogP contribution in [0.2, 0.25) is 0 Å². The molecule has 0 saturated carbocycles. The van der Waals surface area contributed by atoms with Crippen LogP contribution in [0, 0.1) is 0 Å². The Morgan fingerprint density at radius 1 is 1.28 bits per heavy atom. The minimum absolute atomic E-state index is 0.0538. The van der Waals surface area contributed by atoms with Gasteiger partial charge in [-0.15, -0.1) is 0 Å². The fourth-order valence-corrected chi connectivity index (χ4v) is 2.66. The molecule has 10 heteroatoms. The molecule has 0 bridgehead atoms. The Labute approximate surface area is 165 Å². The molecule has 0 spiro atoms. The van der Waals surface area contributed by atoms with Gasteiger partial charge < -0.3 is 19.9 Å². The molecule has 2 aromatic heterocycles. The molecule has 2 amide bonds. The molecule has 2 N–H and O–H groups in total. The Hall–Kier alpha value is -3.30. The van der Waals surface area contributed by atoms with Gasteiger partial charge in [0, 0.05) is 30.5 Å². The van der Waals surface area contributed by atoms with Gasteiger partial charge in [0.05, 0.1) is 5.69 Å². The van der Waals surface area contributed by atoms with Gasteiger partial charge in [-0.25, -0.2) is 4.79 Å². The van der Waals surface area contributed by atoms with Crippen molar-refractivity contribution in [2.24, 2.45) is 0 Å². The lowest BCUT2D eigenvalue weighted by atomic mass is 10.1. The number of amides is 2. The molecular formula is C19H21F2N5O3. The van der Waals surface area contributed by atoms with E-state index in [-0.39, 0.29) is 17.2 Å². The highest BCUT2D eigenvalue weighted by atomic mass is 19.3. The number of aryl methyl sites for hydroxylation is 1. The van der Waals surface area contributed by atoms with Crippen molar-refractivity contribution in [2.45, 2.75) is 39.2 Å². The molecular weight excluding hydrogens is 384 g/mol. The van der Waals surface area contributed by atoms with Gasteiger partial charge in [-0.05, 0) is 30.7 Å². The van der Waals surface area contributed by atoms with Crippen LogP contribution in [0.4, 0.5) is 19.3 Å². The molecule has 0 radical (unpaired) electrons. The van der Waals surface area contributed by atoms with E-state index in [1.165, 1.54) is 18.3 Å². The van der Waals surface area contributed by atoms with E-state index in [1.54, 1.807) is 12.1 Å². The quantitative estimate of drug-likeness (QED) is 0.547. The van der Waals surface area contributed by atoms with E-state index in [0.29, 0.717) is 42.2 Å². The summed E-state index contributed by atoms with van der Waals surface area (Å²) in [6.07, 6.45) is 2.63. The fourth-order valence-electron chi connectivity index (χ4n) is 2.66. The fraction of sp³-hybridized carbons (Fsp3) is 0.368. The number of ether oxygens (including phenoxy) is 1. The van der Waals surface area contributed by atoms with Crippen LogP contribution in [0.1, 0.15) is 37.9 Å². The third-order valence-electron chi connectivity index (χ3n) is 4.05. The number of rotatable bonds is 8. The standard InChI is InChI=1S/C19H21F2N5O3/c1-11(2)17-25-15(29-26-17)6-4-10-23-19(27)24-13-7-8-14(28-18(20)21)16-12(13)5-3-9-22-16/h3,5,7-9,11,18H,4,6,10H2,1-2H3,(H2,23,24,27). The van der Waals surface area contributed by atoms with Crippen LogP contribution >= 0.6 is 0 Å². The maximum Gasteiger partial charge on any atom is 0.387 e. The normalized spacial score (nSPS) is 11.2. The second-order valence-corrected chi connectivity index (χ2v) is 6.57. The Kier molecular flexibility index (Phi) is 6.53. The molecule has 0 fully saturated rings. The van der Waals surface area contributed by atoms with Gasteiger partial charge in [0.25, 0.3) is 0 Å². The summed E-state index contributed by atoms with van der Waals surface area (Å²) in [5.41, 5.74) is 0.675. The van der Waals surface area contributed by atoms with Crippen molar-refractivity contribution < 1.29 is 22.8 Å². The Bertz CT molecular complexity index is 977. The first-order valence-electron chi connectivity index (χ1n) is 9.14. The zero-order valence-corrected chi connectivity index (χ0v) is 16.0. The number of urea groups is 1. The first-order valence-corrected chi connectivity index (χ1v) is 9.14. The van der Waals surface area contributed by atoms with Crippen LogP contribution in [0.15, 0.2) is 35.0 Å². The lowest BCUT2D eigenvalue weighted by Gasteiger charge is -2.12. The van der Waals surface area contributed by atoms with E-state index in [1.807, 2.05) is 13.8 Å². The van der Waals surface area contributed by atoms with Gasteiger partial charge in [0.2, 0.25) is 5.89 Å². The van der Waals surface area contributed by atoms with Crippen LogP contribution in [-0.2, 0) is 6.42 Å². The lowest BCUT2D eigenvalue weighted by molar-refractivity contribution is -0.0489. The van der Waals surface area contributed by atoms with E-state index in [9.17, 15) is 13.6 Å². The molecule has 2 heterocycles. The van der Waals surface area contributed by atoms with Crippen molar-refractivity contribution in [1.29, 1.82) is 0 Å². The summed E-state index contributed by atoms with van der Waals surface area (Å²) >= 11 is 0. The van der Waals surface area contributed by atoms with Crippen molar-refractivity contribution in [1.82, 2.24) is 20.4 Å². The molecule has 1 aromatic carbocycles. The minimum Gasteiger partial charge on any atom is -0.432 e. The highest BCUT2D eigenvalue weighted by molar-refractivity contribution is 6.02. The first-order chi connectivity index (χ1) is 13.9. The van der Waals surface area contributed by atoms with Gasteiger partial charge in [0.15, 0.2) is 11.6 Å². The highest BCUT2D eigenvalue weighted by Gasteiger charge is 2.14. The molecule has 0 aliphatic heterocycles. The van der Waals surface area contributed by atoms with Crippen LogP contribution < -0.4 is 15.4 Å². The third-order valence-corrected chi connectivity index (χ3v) is 4.05. The van der Waals surface area contributed by atoms with Crippen molar-refractivity contribution >= 4 is 22.6 Å². The molecule has 0 atom stereocenters. The Balaban J connectivity index is 1.55. The smallest absolute Gasteiger partial charge is 0.387 e. The van der Waals surface area contributed by atoms with Gasteiger partial charge in [-0.2, -0.15) is 13.8 Å². The second-order valence-electron chi connectivity index (χ2n) is 6.57. The van der Waals surface area contributed by atoms with E-state index >= 15 is 0 Å². The van der Waals surface area contributed by atoms with Crippen LogP contribution in [0.5, 0.6) is 5.75 Å². The lowest BCUT2D eigenvalue weighted by Crippen LogP contribution is -2.29. The summed E-state index contributed by atoms with van der Waals surface area (Å²) in [4.78, 5) is 20.5. The van der Waals surface area contributed by atoms with E-state index in [2.05, 4.69) is 30.5 Å². The summed E-state index contributed by atoms with van der Waals surface area (Å²) in [7, 11) is 0. The van der Waals surface area contributed by atoms with Crippen LogP contribution in [0.3, 0.4) is 0 Å². The number of hydrogen-bond acceptors (Lipinski definition) is 6. The second kappa shape index (κ2) is 9.26. The number of carbonyl (C=O) groups is 1. The number of fused-ring (bicyclic) bond motifs is 1. The topological polar surface area (TPSA) is 102 Å². The predicted molar refractivity (Wildman–Crippen MR) is 102 cm³/mol. The highest BCUT2D eigenvalue weighted by Crippen LogP contribution is 2.30. The Morgan fingerprint density at radius 3 is 2.83 bits per heavy atom. The van der Waals surface area contributed by atoms with Gasteiger partial charge in [-0.3, -0.25) is 4.98 Å². The van der Waals surface area contributed by atoms with Crippen LogP contribution in [0.25, 0.3) is 10.9 Å². The van der Waals surface area contributed by atoms with Gasteiger partial charge in [-0.1, -0.05) is 19.0 Å². The summed E-state index contributed by atoms with van der Waals surface area (Å²) in [6.45, 7) is 1.39. The SMILES string of the molecule is CC(C)c1noc(CCCNC(=O)Nc2ccc(OC(F)F)c3ncccc23)n1. The molecule has 0 aliphatic carbocycles. The first kappa shape index (κ1) is 20.4. The average Bonchev–Trinajstić information content (AvgIpc) is 3.16. The number of aromatic nitrogens is 3. The molecule has 0 saturated heterocycles. The number of pyridine rings is 1. The largest absolute Gasteiger partial charge is 0.432 e. The van der Waals surface area contributed by atoms with Gasteiger partial charge in [0.1, 0.15) is 5.52 Å².